The molecule has 0 aliphatic heterocycles. The van der Waals surface area contributed by atoms with Crippen LogP contribution in [0, 0.1) is 0 Å². The summed E-state index contributed by atoms with van der Waals surface area (Å²) in [4.78, 5) is 14.8. The summed E-state index contributed by atoms with van der Waals surface area (Å²) in [5.74, 6) is 0. The Morgan fingerprint density at radius 2 is 1.88 bits per heavy atom. The van der Waals surface area contributed by atoms with Crippen molar-refractivity contribution in [3.05, 3.63) is 35.9 Å². The van der Waals surface area contributed by atoms with Gasteiger partial charge in [0.1, 0.15) is 6.61 Å². The lowest BCUT2D eigenvalue weighted by Gasteiger charge is -2.08. The van der Waals surface area contributed by atoms with E-state index in [2.05, 4.69) is 9.57 Å². The second-order valence-electron chi connectivity index (χ2n) is 3.07. The number of hydrogen-bond acceptors (Lipinski definition) is 3. The molecular weight excluding hydrogens is 239 g/mol. The van der Waals surface area contributed by atoms with E-state index in [1.165, 1.54) is 5.48 Å². The molecule has 0 saturated heterocycles. The van der Waals surface area contributed by atoms with Gasteiger partial charge in [0.25, 0.3) is 0 Å². The van der Waals surface area contributed by atoms with E-state index in [4.69, 9.17) is 0 Å². The van der Waals surface area contributed by atoms with E-state index >= 15 is 0 Å². The predicted molar refractivity (Wildman–Crippen MR) is 51.8 cm³/mol. The van der Waals surface area contributed by atoms with Crippen LogP contribution in [0.15, 0.2) is 30.3 Å². The van der Waals surface area contributed by atoms with Gasteiger partial charge in [0.05, 0.1) is 0 Å². The minimum atomic E-state index is -4.49. The summed E-state index contributed by atoms with van der Waals surface area (Å²) in [6.45, 7) is -1.60. The lowest BCUT2D eigenvalue weighted by atomic mass is 10.2. The van der Waals surface area contributed by atoms with E-state index in [0.29, 0.717) is 0 Å². The topological polar surface area (TPSA) is 47.6 Å². The molecule has 17 heavy (non-hydrogen) atoms. The van der Waals surface area contributed by atoms with Crippen molar-refractivity contribution in [2.75, 3.05) is 6.61 Å². The molecule has 0 bridgehead atoms. The fourth-order valence-corrected chi connectivity index (χ4v) is 0.929. The third kappa shape index (κ3) is 6.41. The summed E-state index contributed by atoms with van der Waals surface area (Å²) in [5.41, 5.74) is 2.25. The lowest BCUT2D eigenvalue weighted by Crippen LogP contribution is -2.29. The monoisotopic (exact) mass is 249 g/mol. The number of alkyl halides is 3. The van der Waals surface area contributed by atoms with Crippen molar-refractivity contribution in [3.63, 3.8) is 0 Å². The number of hydrogen-bond donors (Lipinski definition) is 1. The zero-order valence-corrected chi connectivity index (χ0v) is 8.66. The summed E-state index contributed by atoms with van der Waals surface area (Å²) < 4.78 is 39.5. The van der Waals surface area contributed by atoms with Crippen LogP contribution in [0.3, 0.4) is 0 Å². The molecular formula is C10H10F3NO3. The second-order valence-corrected chi connectivity index (χ2v) is 3.07. The highest BCUT2D eigenvalue weighted by Crippen LogP contribution is 2.13. The average molecular weight is 249 g/mol. The Morgan fingerprint density at radius 3 is 2.47 bits per heavy atom. The largest absolute Gasteiger partial charge is 0.443 e. The summed E-state index contributed by atoms with van der Waals surface area (Å²) >= 11 is 0. The van der Waals surface area contributed by atoms with Gasteiger partial charge in [-0.05, 0) is 5.56 Å². The lowest BCUT2D eigenvalue weighted by molar-refractivity contribution is -0.185. The number of hydroxylamine groups is 1. The van der Waals surface area contributed by atoms with Gasteiger partial charge < -0.3 is 4.74 Å². The minimum absolute atomic E-state index is 0.0396. The van der Waals surface area contributed by atoms with Crippen LogP contribution in [0.5, 0.6) is 0 Å². The first kappa shape index (κ1) is 13.3. The number of ether oxygens (including phenoxy) is 1. The Balaban J connectivity index is 2.18. The molecule has 0 radical (unpaired) electrons. The van der Waals surface area contributed by atoms with Crippen molar-refractivity contribution >= 4 is 6.09 Å². The molecule has 0 heterocycles. The van der Waals surface area contributed by atoms with Crippen molar-refractivity contribution in [2.24, 2.45) is 0 Å². The second kappa shape index (κ2) is 6.09. The van der Waals surface area contributed by atoms with E-state index in [9.17, 15) is 18.0 Å². The van der Waals surface area contributed by atoms with Gasteiger partial charge in [-0.1, -0.05) is 30.3 Å². The molecule has 1 aromatic carbocycles. The first-order valence-electron chi connectivity index (χ1n) is 4.62. The number of rotatable bonds is 4. The van der Waals surface area contributed by atoms with Crippen molar-refractivity contribution in [3.8, 4) is 0 Å². The first-order valence-corrected chi connectivity index (χ1v) is 4.62. The standard InChI is InChI=1S/C10H10F3NO3/c11-10(12,13)7-17-14-9(15)16-6-8-4-2-1-3-5-8/h1-5H,6-7H2,(H,14,15). The molecule has 0 spiro atoms. The van der Waals surface area contributed by atoms with Crippen LogP contribution >= 0.6 is 0 Å². The molecule has 0 aliphatic carbocycles. The highest BCUT2D eigenvalue weighted by atomic mass is 19.4. The van der Waals surface area contributed by atoms with Crippen molar-refractivity contribution in [1.29, 1.82) is 0 Å². The van der Waals surface area contributed by atoms with Gasteiger partial charge in [-0.3, -0.25) is 4.84 Å². The molecule has 0 atom stereocenters. The predicted octanol–water partition coefficient (Wildman–Crippen LogP) is 2.41. The molecule has 0 unspecified atom stereocenters. The molecule has 1 N–H and O–H groups in total. The summed E-state index contributed by atoms with van der Waals surface area (Å²) in [5, 5.41) is 0. The molecule has 94 valence electrons. The molecule has 1 amide bonds. The summed E-state index contributed by atoms with van der Waals surface area (Å²) in [6.07, 6.45) is -5.56. The summed E-state index contributed by atoms with van der Waals surface area (Å²) in [7, 11) is 0. The molecule has 0 aromatic heterocycles. The highest BCUT2D eigenvalue weighted by molar-refractivity contribution is 5.65. The summed E-state index contributed by atoms with van der Waals surface area (Å²) in [6, 6.07) is 8.71. The molecule has 0 fully saturated rings. The molecule has 1 rings (SSSR count). The van der Waals surface area contributed by atoms with Crippen LogP contribution < -0.4 is 5.48 Å². The van der Waals surface area contributed by atoms with Gasteiger partial charge >= 0.3 is 12.3 Å². The average Bonchev–Trinajstić information content (AvgIpc) is 2.26. The van der Waals surface area contributed by atoms with Crippen LogP contribution in [0.1, 0.15) is 5.56 Å². The quantitative estimate of drug-likeness (QED) is 0.833. The number of halogens is 3. The maximum atomic E-state index is 11.6. The third-order valence-corrected chi connectivity index (χ3v) is 1.60. The third-order valence-electron chi connectivity index (χ3n) is 1.60. The van der Waals surface area contributed by atoms with Gasteiger partial charge in [-0.25, -0.2) is 4.79 Å². The molecule has 7 heteroatoms. The molecule has 4 nitrogen and oxygen atoms in total. The van der Waals surface area contributed by atoms with E-state index in [-0.39, 0.29) is 6.61 Å². The van der Waals surface area contributed by atoms with Crippen LogP contribution in [0.25, 0.3) is 0 Å². The maximum Gasteiger partial charge on any atom is 0.431 e. The molecule has 1 aromatic rings. The Morgan fingerprint density at radius 1 is 1.24 bits per heavy atom. The van der Waals surface area contributed by atoms with E-state index in [0.717, 1.165) is 5.56 Å². The van der Waals surface area contributed by atoms with Gasteiger partial charge in [0, 0.05) is 0 Å². The van der Waals surface area contributed by atoms with E-state index < -0.39 is 18.9 Å². The van der Waals surface area contributed by atoms with Crippen LogP contribution in [-0.2, 0) is 16.2 Å². The highest BCUT2D eigenvalue weighted by Gasteiger charge is 2.28. The Kier molecular flexibility index (Phi) is 4.77. The minimum Gasteiger partial charge on any atom is -0.443 e. The van der Waals surface area contributed by atoms with Gasteiger partial charge in [0.2, 0.25) is 0 Å². The maximum absolute atomic E-state index is 11.6. The molecule has 0 saturated carbocycles. The zero-order chi connectivity index (χ0) is 12.7. The van der Waals surface area contributed by atoms with Crippen LogP contribution in [0.4, 0.5) is 18.0 Å². The number of benzene rings is 1. The van der Waals surface area contributed by atoms with E-state index in [1.807, 2.05) is 0 Å². The normalized spacial score (nSPS) is 11.0. The Labute approximate surface area is 95.3 Å². The van der Waals surface area contributed by atoms with Crippen LogP contribution in [0.2, 0.25) is 0 Å². The SMILES string of the molecule is O=C(NOCC(F)(F)F)OCc1ccccc1. The first-order chi connectivity index (χ1) is 7.97. The fourth-order valence-electron chi connectivity index (χ4n) is 0.929. The van der Waals surface area contributed by atoms with Crippen molar-refractivity contribution < 1.29 is 27.5 Å². The Hall–Kier alpha value is -1.76. The van der Waals surface area contributed by atoms with Crippen LogP contribution in [-0.4, -0.2) is 18.9 Å². The zero-order valence-electron chi connectivity index (χ0n) is 8.66. The fraction of sp³-hybridized carbons (Fsp3) is 0.300. The number of nitrogens with one attached hydrogen (secondary N) is 1. The molecule has 0 aliphatic rings. The number of carbonyl (C=O) groups excluding carboxylic acids is 1. The number of amides is 1. The Bertz CT molecular complexity index is 354. The van der Waals surface area contributed by atoms with Gasteiger partial charge in [0.15, 0.2) is 6.61 Å². The van der Waals surface area contributed by atoms with Crippen molar-refractivity contribution in [1.82, 2.24) is 5.48 Å². The van der Waals surface area contributed by atoms with Gasteiger partial charge in [-0.2, -0.15) is 18.7 Å². The van der Waals surface area contributed by atoms with E-state index in [1.54, 1.807) is 30.3 Å². The van der Waals surface area contributed by atoms with Crippen molar-refractivity contribution in [2.45, 2.75) is 12.8 Å². The smallest absolute Gasteiger partial charge is 0.431 e. The van der Waals surface area contributed by atoms with Gasteiger partial charge in [-0.15, -0.1) is 0 Å². The number of carbonyl (C=O) groups is 1.